The van der Waals surface area contributed by atoms with Crippen LogP contribution in [-0.4, -0.2) is 35.1 Å². The first-order chi connectivity index (χ1) is 16.9. The number of fused-ring (bicyclic) bond motifs is 1. The molecule has 178 valence electrons. The Balaban J connectivity index is 1.67. The smallest absolute Gasteiger partial charge is 0.268 e. The minimum atomic E-state index is -3.98. The Morgan fingerprint density at radius 1 is 1.09 bits per heavy atom. The Labute approximate surface area is 204 Å². The van der Waals surface area contributed by atoms with Gasteiger partial charge in [0.15, 0.2) is 11.5 Å². The SMILES string of the molecule is COc1cc(C=CC(=O)Nc2cccc(C#N)c2)cc(S(=O)(=O)N2CCc3ccccc32)c1OC. The van der Waals surface area contributed by atoms with Crippen molar-refractivity contribution in [1.82, 2.24) is 0 Å². The number of carbonyl (C=O) groups excluding carboxylic acids is 1. The Morgan fingerprint density at radius 2 is 1.89 bits per heavy atom. The first-order valence-electron chi connectivity index (χ1n) is 10.7. The number of nitrogens with one attached hydrogen (secondary N) is 1. The molecule has 35 heavy (non-hydrogen) atoms. The van der Waals surface area contributed by atoms with Crippen LogP contribution in [-0.2, 0) is 21.2 Å². The van der Waals surface area contributed by atoms with E-state index >= 15 is 0 Å². The van der Waals surface area contributed by atoms with Crippen LogP contribution in [0.1, 0.15) is 16.7 Å². The van der Waals surface area contributed by atoms with Crippen LogP contribution >= 0.6 is 0 Å². The predicted molar refractivity (Wildman–Crippen MR) is 133 cm³/mol. The van der Waals surface area contributed by atoms with E-state index in [4.69, 9.17) is 14.7 Å². The summed E-state index contributed by atoms with van der Waals surface area (Å²) in [6, 6.07) is 19.0. The van der Waals surface area contributed by atoms with Crippen molar-refractivity contribution in [3.8, 4) is 17.6 Å². The molecule has 0 saturated carbocycles. The summed E-state index contributed by atoms with van der Waals surface area (Å²) in [6.45, 7) is 0.317. The van der Waals surface area contributed by atoms with E-state index in [1.54, 1.807) is 42.5 Å². The second kappa shape index (κ2) is 9.91. The fraction of sp³-hybridized carbons (Fsp3) is 0.154. The average Bonchev–Trinajstić information content (AvgIpc) is 3.32. The first kappa shape index (κ1) is 23.9. The van der Waals surface area contributed by atoms with Gasteiger partial charge in [0, 0.05) is 18.3 Å². The Hall–Kier alpha value is -4.29. The van der Waals surface area contributed by atoms with Crippen LogP contribution in [0.4, 0.5) is 11.4 Å². The van der Waals surface area contributed by atoms with Crippen LogP contribution in [0.15, 0.2) is 71.6 Å². The second-order valence-corrected chi connectivity index (χ2v) is 9.56. The van der Waals surface area contributed by atoms with E-state index in [-0.39, 0.29) is 16.4 Å². The third-order valence-electron chi connectivity index (χ3n) is 5.57. The minimum Gasteiger partial charge on any atom is -0.493 e. The summed E-state index contributed by atoms with van der Waals surface area (Å²) in [5.41, 5.74) is 2.92. The zero-order valence-electron chi connectivity index (χ0n) is 19.2. The molecule has 0 atom stereocenters. The highest BCUT2D eigenvalue weighted by atomic mass is 32.2. The molecule has 1 aliphatic rings. The molecule has 8 nitrogen and oxygen atoms in total. The van der Waals surface area contributed by atoms with Gasteiger partial charge < -0.3 is 14.8 Å². The molecule has 0 fully saturated rings. The molecule has 0 saturated heterocycles. The summed E-state index contributed by atoms with van der Waals surface area (Å²) in [7, 11) is -1.18. The van der Waals surface area contributed by atoms with Crippen LogP contribution in [0.5, 0.6) is 11.5 Å². The van der Waals surface area contributed by atoms with Gasteiger partial charge in [-0.05, 0) is 60.0 Å². The van der Waals surface area contributed by atoms with Gasteiger partial charge in [0.05, 0.1) is 31.5 Å². The quantitative estimate of drug-likeness (QED) is 0.503. The molecule has 0 bridgehead atoms. The van der Waals surface area contributed by atoms with E-state index in [9.17, 15) is 13.2 Å². The number of hydrogen-bond acceptors (Lipinski definition) is 6. The van der Waals surface area contributed by atoms with Gasteiger partial charge >= 0.3 is 0 Å². The monoisotopic (exact) mass is 489 g/mol. The van der Waals surface area contributed by atoms with Gasteiger partial charge in [-0.1, -0.05) is 24.3 Å². The summed E-state index contributed by atoms with van der Waals surface area (Å²) in [5.74, 6) is -0.123. The number of rotatable bonds is 7. The third-order valence-corrected chi connectivity index (χ3v) is 7.38. The molecule has 3 aromatic rings. The maximum Gasteiger partial charge on any atom is 0.268 e. The highest BCUT2D eigenvalue weighted by Crippen LogP contribution is 2.40. The van der Waals surface area contributed by atoms with Crippen LogP contribution < -0.4 is 19.1 Å². The molecule has 0 aromatic heterocycles. The van der Waals surface area contributed by atoms with Crippen molar-refractivity contribution in [1.29, 1.82) is 5.26 Å². The van der Waals surface area contributed by atoms with Crippen molar-refractivity contribution in [2.45, 2.75) is 11.3 Å². The summed E-state index contributed by atoms with van der Waals surface area (Å²) in [4.78, 5) is 12.4. The van der Waals surface area contributed by atoms with Crippen molar-refractivity contribution >= 4 is 33.4 Å². The molecule has 1 aliphatic heterocycles. The molecule has 1 heterocycles. The molecular weight excluding hydrogens is 466 g/mol. The van der Waals surface area contributed by atoms with Crippen molar-refractivity contribution in [3.63, 3.8) is 0 Å². The van der Waals surface area contributed by atoms with Gasteiger partial charge in [-0.2, -0.15) is 5.26 Å². The van der Waals surface area contributed by atoms with Gasteiger partial charge in [-0.3, -0.25) is 9.10 Å². The molecule has 3 aromatic carbocycles. The maximum atomic E-state index is 13.7. The number of sulfonamides is 1. The summed E-state index contributed by atoms with van der Waals surface area (Å²) < 4.78 is 39.6. The van der Waals surface area contributed by atoms with Crippen molar-refractivity contribution in [3.05, 3.63) is 83.4 Å². The highest BCUT2D eigenvalue weighted by molar-refractivity contribution is 7.93. The number of para-hydroxylation sites is 1. The van der Waals surface area contributed by atoms with E-state index in [0.717, 1.165) is 5.56 Å². The molecule has 9 heteroatoms. The van der Waals surface area contributed by atoms with Gasteiger partial charge in [0.2, 0.25) is 5.91 Å². The van der Waals surface area contributed by atoms with Crippen LogP contribution in [0.3, 0.4) is 0 Å². The molecule has 0 aliphatic carbocycles. The number of nitriles is 1. The number of ether oxygens (including phenoxy) is 2. The van der Waals surface area contributed by atoms with Crippen molar-refractivity contribution in [2.75, 3.05) is 30.4 Å². The predicted octanol–water partition coefficient (Wildman–Crippen LogP) is 3.98. The molecule has 1 amide bonds. The zero-order valence-corrected chi connectivity index (χ0v) is 20.0. The zero-order chi connectivity index (χ0) is 25.0. The topological polar surface area (TPSA) is 109 Å². The maximum absolute atomic E-state index is 13.7. The molecular formula is C26H23N3O5S. The van der Waals surface area contributed by atoms with E-state index in [1.807, 2.05) is 18.2 Å². The van der Waals surface area contributed by atoms with Crippen LogP contribution in [0, 0.1) is 11.3 Å². The first-order valence-corrected chi connectivity index (χ1v) is 12.2. The van der Waals surface area contributed by atoms with Crippen molar-refractivity contribution < 1.29 is 22.7 Å². The number of benzene rings is 3. The number of hydrogen-bond donors (Lipinski definition) is 1. The lowest BCUT2D eigenvalue weighted by Crippen LogP contribution is -2.29. The molecule has 0 spiro atoms. The normalized spacial score (nSPS) is 12.8. The van der Waals surface area contributed by atoms with Crippen LogP contribution in [0.2, 0.25) is 0 Å². The average molecular weight is 490 g/mol. The summed E-state index contributed by atoms with van der Waals surface area (Å²) >= 11 is 0. The lowest BCUT2D eigenvalue weighted by molar-refractivity contribution is -0.111. The Morgan fingerprint density at radius 3 is 2.63 bits per heavy atom. The fourth-order valence-corrected chi connectivity index (χ4v) is 5.65. The van der Waals surface area contributed by atoms with Gasteiger partial charge in [0.25, 0.3) is 10.0 Å². The Bertz CT molecular complexity index is 1460. The number of anilines is 2. The van der Waals surface area contributed by atoms with E-state index in [1.165, 1.54) is 36.7 Å². The Kier molecular flexibility index (Phi) is 6.75. The molecule has 4 rings (SSSR count). The molecule has 0 radical (unpaired) electrons. The molecule has 1 N–H and O–H groups in total. The largest absolute Gasteiger partial charge is 0.493 e. The standard InChI is InChI=1S/C26H23N3O5S/c1-33-23-15-18(10-11-25(30)28-21-8-5-6-19(14-21)17-27)16-24(26(23)34-2)35(31,32)29-13-12-20-7-3-4-9-22(20)29/h3-11,14-16H,12-13H2,1-2H3,(H,28,30). The number of carbonyl (C=O) groups is 1. The summed E-state index contributed by atoms with van der Waals surface area (Å²) in [5, 5.41) is 11.7. The van der Waals surface area contributed by atoms with E-state index in [2.05, 4.69) is 5.32 Å². The number of methoxy groups -OCH3 is 2. The minimum absolute atomic E-state index is 0.0576. The van der Waals surface area contributed by atoms with E-state index in [0.29, 0.717) is 35.5 Å². The lowest BCUT2D eigenvalue weighted by Gasteiger charge is -2.22. The molecule has 0 unspecified atom stereocenters. The second-order valence-electron chi connectivity index (χ2n) is 7.73. The number of amides is 1. The van der Waals surface area contributed by atoms with E-state index < -0.39 is 15.9 Å². The number of nitrogens with zero attached hydrogens (tertiary/aromatic N) is 2. The van der Waals surface area contributed by atoms with Gasteiger partial charge in [0.1, 0.15) is 4.90 Å². The van der Waals surface area contributed by atoms with Crippen molar-refractivity contribution in [2.24, 2.45) is 0 Å². The van der Waals surface area contributed by atoms with Gasteiger partial charge in [-0.25, -0.2) is 8.42 Å². The van der Waals surface area contributed by atoms with Crippen LogP contribution in [0.25, 0.3) is 6.08 Å². The summed E-state index contributed by atoms with van der Waals surface area (Å²) in [6.07, 6.45) is 3.38. The van der Waals surface area contributed by atoms with Gasteiger partial charge in [-0.15, -0.1) is 0 Å². The fourth-order valence-electron chi connectivity index (χ4n) is 3.94. The third kappa shape index (κ3) is 4.83. The highest BCUT2D eigenvalue weighted by Gasteiger charge is 2.34. The lowest BCUT2D eigenvalue weighted by atomic mass is 10.1.